The van der Waals surface area contributed by atoms with Crippen LogP contribution in [0.5, 0.6) is 0 Å². The van der Waals surface area contributed by atoms with Gasteiger partial charge in [0.05, 0.1) is 17.5 Å². The van der Waals surface area contributed by atoms with Gasteiger partial charge in [0.25, 0.3) is 0 Å². The summed E-state index contributed by atoms with van der Waals surface area (Å²) in [7, 11) is 0. The zero-order chi connectivity index (χ0) is 14.9. The topological polar surface area (TPSA) is 40.7 Å². The number of nitrogens with zero attached hydrogens (tertiary/aromatic N) is 1. The van der Waals surface area contributed by atoms with Crippen molar-refractivity contribution in [2.24, 2.45) is 0 Å². The highest BCUT2D eigenvalue weighted by atomic mass is 19.4. The molecule has 1 atom stereocenters. The van der Waals surface area contributed by atoms with Crippen molar-refractivity contribution in [3.63, 3.8) is 0 Å². The van der Waals surface area contributed by atoms with E-state index in [-0.39, 0.29) is 0 Å². The predicted octanol–water partition coefficient (Wildman–Crippen LogP) is 3.39. The molecule has 3 rings (SSSR count). The van der Waals surface area contributed by atoms with Gasteiger partial charge in [-0.3, -0.25) is 0 Å². The molecule has 2 heterocycles. The van der Waals surface area contributed by atoms with Gasteiger partial charge in [-0.25, -0.2) is 4.98 Å². The number of hydrogen-bond acceptors (Lipinski definition) is 2. The Hall–Kier alpha value is -1.82. The van der Waals surface area contributed by atoms with E-state index < -0.39 is 11.7 Å². The lowest BCUT2D eigenvalue weighted by Crippen LogP contribution is -2.24. The Labute approximate surface area is 120 Å². The van der Waals surface area contributed by atoms with Gasteiger partial charge < -0.3 is 10.3 Å². The van der Waals surface area contributed by atoms with Crippen molar-refractivity contribution in [3.05, 3.63) is 41.9 Å². The normalized spacial score (nSPS) is 19.1. The lowest BCUT2D eigenvalue weighted by Gasteiger charge is -2.07. The largest absolute Gasteiger partial charge is 0.416 e. The van der Waals surface area contributed by atoms with Crippen molar-refractivity contribution in [2.45, 2.75) is 31.5 Å². The first-order valence-corrected chi connectivity index (χ1v) is 6.97. The van der Waals surface area contributed by atoms with Crippen molar-refractivity contribution in [1.82, 2.24) is 15.3 Å². The van der Waals surface area contributed by atoms with E-state index in [0.29, 0.717) is 11.6 Å². The molecule has 21 heavy (non-hydrogen) atoms. The second-order valence-corrected chi connectivity index (χ2v) is 5.32. The van der Waals surface area contributed by atoms with Crippen molar-refractivity contribution in [3.8, 4) is 11.3 Å². The van der Waals surface area contributed by atoms with E-state index in [0.717, 1.165) is 43.0 Å². The number of hydrogen-bond donors (Lipinski definition) is 2. The van der Waals surface area contributed by atoms with Crippen LogP contribution in [0, 0.1) is 0 Å². The zero-order valence-electron chi connectivity index (χ0n) is 11.4. The van der Waals surface area contributed by atoms with Crippen LogP contribution < -0.4 is 5.32 Å². The Kier molecular flexibility index (Phi) is 3.71. The van der Waals surface area contributed by atoms with Crippen LogP contribution in [0.2, 0.25) is 0 Å². The maximum atomic E-state index is 12.5. The van der Waals surface area contributed by atoms with Gasteiger partial charge in [0.15, 0.2) is 0 Å². The number of imidazole rings is 1. The average Bonchev–Trinajstić information content (AvgIpc) is 3.10. The van der Waals surface area contributed by atoms with Crippen LogP contribution in [0.15, 0.2) is 30.5 Å². The van der Waals surface area contributed by atoms with Crippen LogP contribution in [0.3, 0.4) is 0 Å². The number of aromatic amines is 1. The van der Waals surface area contributed by atoms with E-state index in [9.17, 15) is 13.2 Å². The first-order valence-electron chi connectivity index (χ1n) is 6.97. The first-order chi connectivity index (χ1) is 10.0. The molecule has 1 aliphatic heterocycles. The van der Waals surface area contributed by atoms with Crippen molar-refractivity contribution < 1.29 is 13.2 Å². The number of H-pyrrole nitrogens is 1. The summed E-state index contributed by atoms with van der Waals surface area (Å²) in [6, 6.07) is 5.56. The number of halogens is 3. The molecule has 0 saturated carbocycles. The fraction of sp³-hybridized carbons (Fsp3) is 0.400. The minimum Gasteiger partial charge on any atom is -0.342 e. The maximum absolute atomic E-state index is 12.5. The third kappa shape index (κ3) is 3.26. The zero-order valence-corrected chi connectivity index (χ0v) is 11.4. The molecule has 1 aromatic carbocycles. The summed E-state index contributed by atoms with van der Waals surface area (Å²) in [6.45, 7) is 1.04. The Morgan fingerprint density at radius 3 is 2.57 bits per heavy atom. The van der Waals surface area contributed by atoms with E-state index in [1.165, 1.54) is 18.6 Å². The fourth-order valence-corrected chi connectivity index (χ4v) is 2.62. The molecule has 1 fully saturated rings. The lowest BCUT2D eigenvalue weighted by molar-refractivity contribution is -0.137. The standard InChI is InChI=1S/C15H16F3N3/c16-15(17,18)11-5-3-10(4-6-11)13-9-20-14(21-13)8-12-2-1-7-19-12/h3-6,9,12,19H,1-2,7-8H2,(H,20,21). The van der Waals surface area contributed by atoms with Gasteiger partial charge in [-0.2, -0.15) is 13.2 Å². The second-order valence-electron chi connectivity index (χ2n) is 5.32. The van der Waals surface area contributed by atoms with Crippen LogP contribution in [0.25, 0.3) is 11.3 Å². The molecule has 0 spiro atoms. The van der Waals surface area contributed by atoms with Crippen LogP contribution in [-0.2, 0) is 12.6 Å². The minimum atomic E-state index is -4.30. The van der Waals surface area contributed by atoms with Gasteiger partial charge in [-0.15, -0.1) is 0 Å². The fourth-order valence-electron chi connectivity index (χ4n) is 2.62. The molecule has 1 saturated heterocycles. The van der Waals surface area contributed by atoms with Gasteiger partial charge in [-0.05, 0) is 37.1 Å². The molecule has 1 aromatic heterocycles. The highest BCUT2D eigenvalue weighted by Gasteiger charge is 2.30. The van der Waals surface area contributed by atoms with E-state index in [2.05, 4.69) is 15.3 Å². The summed E-state index contributed by atoms with van der Waals surface area (Å²) in [6.07, 6.45) is 0.507. The Bertz CT molecular complexity index is 595. The second kappa shape index (κ2) is 5.52. The van der Waals surface area contributed by atoms with Crippen molar-refractivity contribution in [2.75, 3.05) is 6.54 Å². The third-order valence-electron chi connectivity index (χ3n) is 3.75. The van der Waals surface area contributed by atoms with Crippen LogP contribution in [0.4, 0.5) is 13.2 Å². The maximum Gasteiger partial charge on any atom is 0.416 e. The van der Waals surface area contributed by atoms with Gasteiger partial charge in [0.2, 0.25) is 0 Å². The summed E-state index contributed by atoms with van der Waals surface area (Å²) in [5.41, 5.74) is 0.819. The summed E-state index contributed by atoms with van der Waals surface area (Å²) in [5, 5.41) is 3.39. The Balaban J connectivity index is 1.73. The molecule has 6 heteroatoms. The van der Waals surface area contributed by atoms with Gasteiger partial charge >= 0.3 is 6.18 Å². The molecule has 3 nitrogen and oxygen atoms in total. The van der Waals surface area contributed by atoms with E-state index in [1.807, 2.05) is 0 Å². The quantitative estimate of drug-likeness (QED) is 0.911. The number of nitrogens with one attached hydrogen (secondary N) is 2. The van der Waals surface area contributed by atoms with Gasteiger partial charge in [0.1, 0.15) is 5.82 Å². The number of benzene rings is 1. The van der Waals surface area contributed by atoms with E-state index in [4.69, 9.17) is 0 Å². The molecule has 0 amide bonds. The van der Waals surface area contributed by atoms with Gasteiger partial charge in [-0.1, -0.05) is 12.1 Å². The van der Waals surface area contributed by atoms with Crippen molar-refractivity contribution in [1.29, 1.82) is 0 Å². The summed E-state index contributed by atoms with van der Waals surface area (Å²) < 4.78 is 37.6. The Morgan fingerprint density at radius 1 is 1.19 bits per heavy atom. The lowest BCUT2D eigenvalue weighted by atomic mass is 10.1. The number of alkyl halides is 3. The molecule has 0 radical (unpaired) electrons. The summed E-state index contributed by atoms with van der Waals surface area (Å²) in [5.74, 6) is 0.865. The van der Waals surface area contributed by atoms with E-state index in [1.54, 1.807) is 6.20 Å². The molecule has 2 aromatic rings. The molecule has 2 N–H and O–H groups in total. The third-order valence-corrected chi connectivity index (χ3v) is 3.75. The molecular weight excluding hydrogens is 279 g/mol. The highest BCUT2D eigenvalue weighted by Crippen LogP contribution is 2.30. The van der Waals surface area contributed by atoms with Crippen LogP contribution in [0.1, 0.15) is 24.2 Å². The number of rotatable bonds is 3. The predicted molar refractivity (Wildman–Crippen MR) is 73.8 cm³/mol. The molecule has 0 aliphatic carbocycles. The highest BCUT2D eigenvalue weighted by molar-refractivity contribution is 5.59. The SMILES string of the molecule is FC(F)(F)c1ccc(-c2cnc(CC3CCCN3)[nH]2)cc1. The first kappa shape index (κ1) is 14.1. The molecule has 112 valence electrons. The van der Waals surface area contributed by atoms with Crippen LogP contribution in [-0.4, -0.2) is 22.6 Å². The Morgan fingerprint density at radius 2 is 1.95 bits per heavy atom. The van der Waals surface area contributed by atoms with E-state index >= 15 is 0 Å². The van der Waals surface area contributed by atoms with Crippen LogP contribution >= 0.6 is 0 Å². The minimum absolute atomic E-state index is 0.441. The molecule has 0 bridgehead atoms. The molecule has 1 aliphatic rings. The smallest absolute Gasteiger partial charge is 0.342 e. The summed E-state index contributed by atoms with van der Waals surface area (Å²) >= 11 is 0. The van der Waals surface area contributed by atoms with Crippen molar-refractivity contribution >= 4 is 0 Å². The number of aromatic nitrogens is 2. The summed E-state index contributed by atoms with van der Waals surface area (Å²) in [4.78, 5) is 7.49. The monoisotopic (exact) mass is 295 g/mol. The average molecular weight is 295 g/mol. The molecule has 1 unspecified atom stereocenters. The molecular formula is C15H16F3N3. The van der Waals surface area contributed by atoms with Gasteiger partial charge in [0, 0.05) is 12.5 Å².